The van der Waals surface area contributed by atoms with E-state index in [0.717, 1.165) is 22.2 Å². The number of hydrogen-bond acceptors (Lipinski definition) is 4. The van der Waals surface area contributed by atoms with E-state index in [1.807, 2.05) is 55.5 Å². The van der Waals surface area contributed by atoms with E-state index < -0.39 is 12.2 Å². The number of carbonyl (C=O) groups is 1. The van der Waals surface area contributed by atoms with Crippen molar-refractivity contribution in [1.82, 2.24) is 15.0 Å². The highest BCUT2D eigenvalue weighted by molar-refractivity contribution is 6.30. The van der Waals surface area contributed by atoms with Crippen LogP contribution in [0.25, 0.3) is 11.0 Å². The Hall–Kier alpha value is -3.18. The van der Waals surface area contributed by atoms with Crippen molar-refractivity contribution in [2.75, 3.05) is 0 Å². The minimum Gasteiger partial charge on any atom is -0.432 e. The van der Waals surface area contributed by atoms with Gasteiger partial charge >= 0.3 is 5.97 Å². The minimum atomic E-state index is -0.746. The molecule has 5 nitrogen and oxygen atoms in total. The molecule has 0 radical (unpaired) electrons. The standard InChI is InChI=1S/C21H16ClN3O2/c1-14-6-4-7-15(12-14)20(25-19-11-3-2-10-18(19)23-24-25)27-21(26)16-8-5-9-17(22)13-16/h2-13,20H,1H3. The zero-order chi connectivity index (χ0) is 18.8. The molecule has 1 aromatic heterocycles. The molecular formula is C21H16ClN3O2. The van der Waals surface area contributed by atoms with E-state index in [-0.39, 0.29) is 0 Å². The summed E-state index contributed by atoms with van der Waals surface area (Å²) in [5, 5.41) is 8.89. The Bertz CT molecular complexity index is 1120. The summed E-state index contributed by atoms with van der Waals surface area (Å²) >= 11 is 6.01. The van der Waals surface area contributed by atoms with E-state index >= 15 is 0 Å². The molecule has 0 aliphatic carbocycles. The maximum absolute atomic E-state index is 12.8. The van der Waals surface area contributed by atoms with Gasteiger partial charge in [0.25, 0.3) is 0 Å². The summed E-state index contributed by atoms with van der Waals surface area (Å²) in [4.78, 5) is 12.8. The van der Waals surface area contributed by atoms with Crippen molar-refractivity contribution in [1.29, 1.82) is 0 Å². The molecule has 134 valence electrons. The Labute approximate surface area is 161 Å². The quantitative estimate of drug-likeness (QED) is 0.479. The molecular weight excluding hydrogens is 362 g/mol. The summed E-state index contributed by atoms with van der Waals surface area (Å²) in [5.74, 6) is -0.483. The highest BCUT2D eigenvalue weighted by Crippen LogP contribution is 2.26. The molecule has 6 heteroatoms. The third kappa shape index (κ3) is 3.55. The van der Waals surface area contributed by atoms with Gasteiger partial charge in [-0.3, -0.25) is 0 Å². The van der Waals surface area contributed by atoms with Crippen LogP contribution in [0.4, 0.5) is 0 Å². The van der Waals surface area contributed by atoms with Gasteiger partial charge in [-0.1, -0.05) is 64.8 Å². The van der Waals surface area contributed by atoms with E-state index in [2.05, 4.69) is 10.3 Å². The molecule has 3 aromatic carbocycles. The lowest BCUT2D eigenvalue weighted by atomic mass is 10.1. The fourth-order valence-corrected chi connectivity index (χ4v) is 3.12. The molecule has 4 aromatic rings. The normalized spacial score (nSPS) is 12.1. The summed E-state index contributed by atoms with van der Waals surface area (Å²) in [6.07, 6.45) is -0.746. The molecule has 0 spiro atoms. The second kappa shape index (κ2) is 7.21. The van der Waals surface area contributed by atoms with Crippen molar-refractivity contribution in [3.8, 4) is 0 Å². The van der Waals surface area contributed by atoms with Crippen molar-refractivity contribution in [2.45, 2.75) is 13.2 Å². The summed E-state index contributed by atoms with van der Waals surface area (Å²) in [6, 6.07) is 22.0. The highest BCUT2D eigenvalue weighted by atomic mass is 35.5. The van der Waals surface area contributed by atoms with E-state index in [9.17, 15) is 4.79 Å². The molecule has 0 bridgehead atoms. The van der Waals surface area contributed by atoms with Crippen LogP contribution in [0.1, 0.15) is 27.7 Å². The van der Waals surface area contributed by atoms with Gasteiger partial charge in [0.15, 0.2) is 0 Å². The fraction of sp³-hybridized carbons (Fsp3) is 0.0952. The smallest absolute Gasteiger partial charge is 0.340 e. The molecule has 0 amide bonds. The van der Waals surface area contributed by atoms with Gasteiger partial charge in [-0.2, -0.15) is 0 Å². The number of nitrogens with zero attached hydrogens (tertiary/aromatic N) is 3. The average Bonchev–Trinajstić information content (AvgIpc) is 3.10. The van der Waals surface area contributed by atoms with Crippen LogP contribution in [-0.4, -0.2) is 21.0 Å². The average molecular weight is 378 g/mol. The van der Waals surface area contributed by atoms with Crippen LogP contribution in [0.15, 0.2) is 72.8 Å². The number of hydrogen-bond donors (Lipinski definition) is 0. The predicted molar refractivity (Wildman–Crippen MR) is 104 cm³/mol. The van der Waals surface area contributed by atoms with Gasteiger partial charge in [0.1, 0.15) is 5.52 Å². The number of fused-ring (bicyclic) bond motifs is 1. The number of aryl methyl sites for hydroxylation is 1. The lowest BCUT2D eigenvalue weighted by molar-refractivity contribution is 0.0196. The maximum atomic E-state index is 12.8. The molecule has 0 N–H and O–H groups in total. The van der Waals surface area contributed by atoms with Crippen molar-refractivity contribution >= 4 is 28.6 Å². The molecule has 1 unspecified atom stereocenters. The van der Waals surface area contributed by atoms with Gasteiger partial charge in [-0.15, -0.1) is 5.10 Å². The number of halogens is 1. The Kier molecular flexibility index (Phi) is 4.60. The van der Waals surface area contributed by atoms with Crippen LogP contribution in [0.2, 0.25) is 5.02 Å². The number of esters is 1. The van der Waals surface area contributed by atoms with Gasteiger partial charge in [-0.05, 0) is 37.3 Å². The van der Waals surface area contributed by atoms with Gasteiger partial charge in [0, 0.05) is 10.6 Å². The molecule has 0 fully saturated rings. The topological polar surface area (TPSA) is 57.0 Å². The van der Waals surface area contributed by atoms with Crippen LogP contribution in [0.5, 0.6) is 0 Å². The largest absolute Gasteiger partial charge is 0.432 e. The van der Waals surface area contributed by atoms with E-state index in [1.165, 1.54) is 0 Å². The Balaban J connectivity index is 1.78. The third-order valence-corrected chi connectivity index (χ3v) is 4.44. The van der Waals surface area contributed by atoms with E-state index in [4.69, 9.17) is 16.3 Å². The molecule has 27 heavy (non-hydrogen) atoms. The second-order valence-electron chi connectivity index (χ2n) is 6.20. The molecule has 1 atom stereocenters. The summed E-state index contributed by atoms with van der Waals surface area (Å²) in [6.45, 7) is 1.98. The second-order valence-corrected chi connectivity index (χ2v) is 6.64. The highest BCUT2D eigenvalue weighted by Gasteiger charge is 2.23. The zero-order valence-electron chi connectivity index (χ0n) is 14.5. The minimum absolute atomic E-state index is 0.379. The maximum Gasteiger partial charge on any atom is 0.340 e. The SMILES string of the molecule is Cc1cccc(C(OC(=O)c2cccc(Cl)c2)n2nnc3ccccc32)c1. The number of carbonyl (C=O) groups excluding carboxylic acids is 1. The van der Waals surface area contributed by atoms with Crippen molar-refractivity contribution < 1.29 is 9.53 Å². The summed E-state index contributed by atoms with van der Waals surface area (Å²) in [5.41, 5.74) is 3.75. The number of para-hydroxylation sites is 1. The number of benzene rings is 3. The van der Waals surface area contributed by atoms with Crippen molar-refractivity contribution in [2.24, 2.45) is 0 Å². The lowest BCUT2D eigenvalue weighted by Crippen LogP contribution is -2.20. The van der Waals surface area contributed by atoms with Crippen LogP contribution < -0.4 is 0 Å². The first kappa shape index (κ1) is 17.2. The first-order valence-electron chi connectivity index (χ1n) is 8.45. The van der Waals surface area contributed by atoms with Crippen molar-refractivity contribution in [3.63, 3.8) is 0 Å². The summed E-state index contributed by atoms with van der Waals surface area (Å²) in [7, 11) is 0. The molecule has 0 saturated heterocycles. The van der Waals surface area contributed by atoms with E-state index in [1.54, 1.807) is 28.9 Å². The molecule has 1 heterocycles. The van der Waals surface area contributed by atoms with Crippen LogP contribution >= 0.6 is 11.6 Å². The number of rotatable bonds is 4. The monoisotopic (exact) mass is 377 g/mol. The number of ether oxygens (including phenoxy) is 1. The molecule has 4 rings (SSSR count). The van der Waals surface area contributed by atoms with Crippen molar-refractivity contribution in [3.05, 3.63) is 94.5 Å². The van der Waals surface area contributed by atoms with Gasteiger partial charge < -0.3 is 4.74 Å². The van der Waals surface area contributed by atoms with Gasteiger partial charge in [-0.25, -0.2) is 9.48 Å². The summed E-state index contributed by atoms with van der Waals surface area (Å²) < 4.78 is 7.47. The van der Waals surface area contributed by atoms with Crippen LogP contribution in [0.3, 0.4) is 0 Å². The molecule has 0 aliphatic heterocycles. The fourth-order valence-electron chi connectivity index (χ4n) is 2.93. The Morgan fingerprint density at radius 2 is 1.85 bits per heavy atom. The lowest BCUT2D eigenvalue weighted by Gasteiger charge is -2.19. The Morgan fingerprint density at radius 1 is 1.04 bits per heavy atom. The van der Waals surface area contributed by atoms with Crippen LogP contribution in [0, 0.1) is 6.92 Å². The number of aromatic nitrogens is 3. The molecule has 0 saturated carbocycles. The third-order valence-electron chi connectivity index (χ3n) is 4.21. The van der Waals surface area contributed by atoms with Crippen LogP contribution in [-0.2, 0) is 4.74 Å². The van der Waals surface area contributed by atoms with Gasteiger partial charge in [0.2, 0.25) is 6.23 Å². The predicted octanol–water partition coefficient (Wildman–Crippen LogP) is 4.80. The van der Waals surface area contributed by atoms with E-state index in [0.29, 0.717) is 10.6 Å². The first-order chi connectivity index (χ1) is 13.1. The first-order valence-corrected chi connectivity index (χ1v) is 8.83. The molecule has 0 aliphatic rings. The van der Waals surface area contributed by atoms with Gasteiger partial charge in [0.05, 0.1) is 11.1 Å². The Morgan fingerprint density at radius 3 is 2.67 bits per heavy atom. The zero-order valence-corrected chi connectivity index (χ0v) is 15.3.